The number of hydrogen-bond acceptors (Lipinski definition) is 3. The van der Waals surface area contributed by atoms with Crippen molar-refractivity contribution in [1.29, 1.82) is 0 Å². The monoisotopic (exact) mass is 275 g/mol. The minimum absolute atomic E-state index is 0.876. The van der Waals surface area contributed by atoms with E-state index in [1.54, 1.807) is 23.5 Å². The average molecular weight is 275 g/mol. The van der Waals surface area contributed by atoms with Crippen molar-refractivity contribution in [3.8, 4) is 0 Å². The lowest BCUT2D eigenvalue weighted by Crippen LogP contribution is -1.90. The van der Waals surface area contributed by atoms with E-state index >= 15 is 0 Å². The highest BCUT2D eigenvalue weighted by Gasteiger charge is 2.01. The molecule has 0 heterocycles. The van der Waals surface area contributed by atoms with E-state index in [9.17, 15) is 0 Å². The molecule has 0 saturated heterocycles. The maximum absolute atomic E-state index is 6.01. The predicted octanol–water partition coefficient (Wildman–Crippen LogP) is 4.59. The van der Waals surface area contributed by atoms with E-state index in [-0.39, 0.29) is 0 Å². The van der Waals surface area contributed by atoms with Gasteiger partial charge < -0.3 is 5.73 Å². The molecule has 0 fully saturated rings. The second-order valence-corrected chi connectivity index (χ2v) is 6.07. The summed E-state index contributed by atoms with van der Waals surface area (Å²) in [5.41, 5.74) is 9.42. The first-order valence-electron chi connectivity index (χ1n) is 5.81. The Kier molecular flexibility index (Phi) is 4.61. The Morgan fingerprint density at radius 2 is 1.78 bits per heavy atom. The van der Waals surface area contributed by atoms with Crippen molar-refractivity contribution in [3.63, 3.8) is 0 Å². The zero-order chi connectivity index (χ0) is 13.0. The number of aryl methyl sites for hydroxylation is 1. The van der Waals surface area contributed by atoms with Crippen molar-refractivity contribution in [2.24, 2.45) is 0 Å². The van der Waals surface area contributed by atoms with Crippen molar-refractivity contribution >= 4 is 29.2 Å². The minimum atomic E-state index is 0.876. The molecule has 0 spiro atoms. The van der Waals surface area contributed by atoms with Crippen molar-refractivity contribution in [1.82, 2.24) is 0 Å². The molecule has 0 saturated carbocycles. The molecule has 1 nitrogen and oxygen atoms in total. The maximum atomic E-state index is 6.01. The fraction of sp³-hybridized carbons (Fsp3) is 0.200. The van der Waals surface area contributed by atoms with Crippen LogP contribution in [0.5, 0.6) is 0 Å². The van der Waals surface area contributed by atoms with Crippen LogP contribution in [0.3, 0.4) is 0 Å². The van der Waals surface area contributed by atoms with Crippen LogP contribution in [0.1, 0.15) is 11.1 Å². The number of nitrogens with two attached hydrogens (primary N) is 1. The molecule has 2 rings (SSSR count). The van der Waals surface area contributed by atoms with Crippen LogP contribution >= 0.6 is 23.5 Å². The van der Waals surface area contributed by atoms with Gasteiger partial charge in [-0.25, -0.2) is 0 Å². The van der Waals surface area contributed by atoms with Crippen LogP contribution < -0.4 is 5.73 Å². The van der Waals surface area contributed by atoms with Crippen molar-refractivity contribution in [2.75, 3.05) is 12.0 Å². The Morgan fingerprint density at radius 1 is 1.06 bits per heavy atom. The molecule has 94 valence electrons. The summed E-state index contributed by atoms with van der Waals surface area (Å²) in [5.74, 6) is 0.960. The minimum Gasteiger partial charge on any atom is -0.398 e. The van der Waals surface area contributed by atoms with E-state index in [0.717, 1.165) is 16.3 Å². The SMILES string of the molecule is CSc1ccc(CSc2ccc(C)cc2N)cc1. The third-order valence-corrected chi connectivity index (χ3v) is 4.62. The second kappa shape index (κ2) is 6.21. The Morgan fingerprint density at radius 3 is 2.39 bits per heavy atom. The average Bonchev–Trinajstić information content (AvgIpc) is 2.38. The third-order valence-electron chi connectivity index (χ3n) is 2.72. The summed E-state index contributed by atoms with van der Waals surface area (Å²) >= 11 is 3.56. The van der Waals surface area contributed by atoms with Gasteiger partial charge in [-0.05, 0) is 48.6 Å². The summed E-state index contributed by atoms with van der Waals surface area (Å²) in [7, 11) is 0. The van der Waals surface area contributed by atoms with Gasteiger partial charge in [0.2, 0.25) is 0 Å². The molecule has 0 amide bonds. The number of hydrogen-bond donors (Lipinski definition) is 1. The van der Waals surface area contributed by atoms with Crippen LogP contribution in [0.15, 0.2) is 52.3 Å². The first-order chi connectivity index (χ1) is 8.69. The zero-order valence-electron chi connectivity index (χ0n) is 10.6. The lowest BCUT2D eigenvalue weighted by Gasteiger charge is -2.07. The number of nitrogen functional groups attached to an aromatic ring is 1. The summed E-state index contributed by atoms with van der Waals surface area (Å²) in [4.78, 5) is 2.47. The molecule has 0 atom stereocenters. The van der Waals surface area contributed by atoms with Crippen LogP contribution in [0.2, 0.25) is 0 Å². The van der Waals surface area contributed by atoms with Gasteiger partial charge in [0.1, 0.15) is 0 Å². The molecule has 3 heteroatoms. The summed E-state index contributed by atoms with van der Waals surface area (Å²) in [6.07, 6.45) is 2.09. The maximum Gasteiger partial charge on any atom is 0.0454 e. The van der Waals surface area contributed by atoms with Gasteiger partial charge in [-0.3, -0.25) is 0 Å². The Hall–Kier alpha value is -1.06. The van der Waals surface area contributed by atoms with E-state index in [1.165, 1.54) is 16.0 Å². The van der Waals surface area contributed by atoms with Crippen molar-refractivity contribution in [2.45, 2.75) is 22.5 Å². The molecule has 0 aromatic heterocycles. The van der Waals surface area contributed by atoms with Crippen LogP contribution in [0, 0.1) is 6.92 Å². The van der Waals surface area contributed by atoms with Crippen molar-refractivity contribution in [3.05, 3.63) is 53.6 Å². The van der Waals surface area contributed by atoms with Gasteiger partial charge in [-0.15, -0.1) is 23.5 Å². The Balaban J connectivity index is 2.02. The molecule has 18 heavy (non-hydrogen) atoms. The van der Waals surface area contributed by atoms with E-state index in [0.29, 0.717) is 0 Å². The number of thioether (sulfide) groups is 2. The normalized spacial score (nSPS) is 10.6. The summed E-state index contributed by atoms with van der Waals surface area (Å²) in [6.45, 7) is 2.06. The topological polar surface area (TPSA) is 26.0 Å². The van der Waals surface area contributed by atoms with E-state index in [2.05, 4.69) is 49.6 Å². The lowest BCUT2D eigenvalue weighted by atomic mass is 10.2. The molecular formula is C15H17NS2. The third kappa shape index (κ3) is 3.47. The van der Waals surface area contributed by atoms with Crippen molar-refractivity contribution < 1.29 is 0 Å². The smallest absolute Gasteiger partial charge is 0.0454 e. The van der Waals surface area contributed by atoms with Gasteiger partial charge in [-0.1, -0.05) is 18.2 Å². The van der Waals surface area contributed by atoms with Gasteiger partial charge in [0.15, 0.2) is 0 Å². The zero-order valence-corrected chi connectivity index (χ0v) is 12.3. The molecule has 0 aliphatic heterocycles. The van der Waals surface area contributed by atoms with Gasteiger partial charge in [-0.2, -0.15) is 0 Å². The fourth-order valence-electron chi connectivity index (χ4n) is 1.68. The largest absolute Gasteiger partial charge is 0.398 e. The van der Waals surface area contributed by atoms with Crippen LogP contribution in [0.25, 0.3) is 0 Å². The van der Waals surface area contributed by atoms with E-state index in [1.807, 2.05) is 6.07 Å². The highest BCUT2D eigenvalue weighted by molar-refractivity contribution is 7.99. The standard InChI is InChI=1S/C15H17NS2/c1-11-3-8-15(14(16)9-11)18-10-12-4-6-13(17-2)7-5-12/h3-9H,10,16H2,1-2H3. The molecule has 0 bridgehead atoms. The van der Waals surface area contributed by atoms with E-state index in [4.69, 9.17) is 5.73 Å². The number of rotatable bonds is 4. The van der Waals surface area contributed by atoms with Crippen LogP contribution in [-0.4, -0.2) is 6.26 Å². The number of benzene rings is 2. The highest BCUT2D eigenvalue weighted by Crippen LogP contribution is 2.29. The molecule has 0 aliphatic carbocycles. The molecule has 0 radical (unpaired) electrons. The molecule has 0 unspecified atom stereocenters. The first-order valence-corrected chi connectivity index (χ1v) is 8.02. The van der Waals surface area contributed by atoms with E-state index < -0.39 is 0 Å². The lowest BCUT2D eigenvalue weighted by molar-refractivity contribution is 1.33. The van der Waals surface area contributed by atoms with Crippen LogP contribution in [-0.2, 0) is 5.75 Å². The fourth-order valence-corrected chi connectivity index (χ4v) is 2.99. The quantitative estimate of drug-likeness (QED) is 0.653. The Labute approximate surface area is 117 Å². The van der Waals surface area contributed by atoms with Gasteiger partial charge in [0.05, 0.1) is 0 Å². The molecular weight excluding hydrogens is 258 g/mol. The molecule has 0 aliphatic rings. The summed E-state index contributed by atoms with van der Waals surface area (Å²) in [5, 5.41) is 0. The summed E-state index contributed by atoms with van der Waals surface area (Å²) < 4.78 is 0. The Bertz CT molecular complexity index is 521. The van der Waals surface area contributed by atoms with Gasteiger partial charge >= 0.3 is 0 Å². The van der Waals surface area contributed by atoms with Crippen LogP contribution in [0.4, 0.5) is 5.69 Å². The first kappa shape index (κ1) is 13.4. The highest BCUT2D eigenvalue weighted by atomic mass is 32.2. The molecule has 2 aromatic carbocycles. The second-order valence-electron chi connectivity index (χ2n) is 4.18. The molecule has 2 aromatic rings. The van der Waals surface area contributed by atoms with Gasteiger partial charge in [0, 0.05) is 21.2 Å². The van der Waals surface area contributed by atoms with Gasteiger partial charge in [0.25, 0.3) is 0 Å². The number of anilines is 1. The molecule has 2 N–H and O–H groups in total. The summed E-state index contributed by atoms with van der Waals surface area (Å²) in [6, 6.07) is 14.9. The predicted molar refractivity (Wildman–Crippen MR) is 83.4 cm³/mol.